The number of rotatable bonds is 7. The van der Waals surface area contributed by atoms with Crippen LogP contribution in [0.2, 0.25) is 0 Å². The van der Waals surface area contributed by atoms with Gasteiger partial charge in [-0.15, -0.1) is 10.2 Å². The minimum Gasteiger partial charge on any atom is -0.355 e. The van der Waals surface area contributed by atoms with E-state index in [0.717, 1.165) is 19.3 Å². The number of hydrogen-bond donors (Lipinski definition) is 2. The smallest absolute Gasteiger partial charge is 0.233 e. The van der Waals surface area contributed by atoms with Gasteiger partial charge in [0.1, 0.15) is 5.82 Å². The number of amides is 1. The van der Waals surface area contributed by atoms with Gasteiger partial charge in [-0.05, 0) is 63.3 Å². The number of hydrogen-bond acceptors (Lipinski definition) is 5. The van der Waals surface area contributed by atoms with Crippen molar-refractivity contribution in [2.24, 2.45) is 0 Å². The number of nitrogens with zero attached hydrogens (tertiary/aromatic N) is 3. The van der Waals surface area contributed by atoms with Crippen LogP contribution >= 0.6 is 11.8 Å². The van der Waals surface area contributed by atoms with Gasteiger partial charge in [-0.2, -0.15) is 0 Å². The summed E-state index contributed by atoms with van der Waals surface area (Å²) in [7, 11) is 0. The first-order chi connectivity index (χ1) is 13.0. The molecular weight excluding hydrogens is 365 g/mol. The highest BCUT2D eigenvalue weighted by Gasteiger charge is 2.20. The van der Waals surface area contributed by atoms with Crippen LogP contribution in [0.25, 0.3) is 11.4 Å². The predicted octanol–water partition coefficient (Wildman–Crippen LogP) is 3.29. The third-order valence-corrected chi connectivity index (χ3v) is 5.61. The molecule has 1 heterocycles. The van der Waals surface area contributed by atoms with E-state index in [1.54, 1.807) is 12.1 Å². The van der Waals surface area contributed by atoms with E-state index in [-0.39, 0.29) is 17.0 Å². The zero-order valence-electron chi connectivity index (χ0n) is 15.3. The number of thioether (sulfide) groups is 1. The van der Waals surface area contributed by atoms with Gasteiger partial charge in [0.2, 0.25) is 11.1 Å². The molecule has 3 rings (SSSR count). The third kappa shape index (κ3) is 5.09. The van der Waals surface area contributed by atoms with E-state index in [4.69, 9.17) is 5.84 Å². The zero-order valence-corrected chi connectivity index (χ0v) is 16.1. The molecule has 0 saturated heterocycles. The molecule has 0 saturated carbocycles. The van der Waals surface area contributed by atoms with Gasteiger partial charge >= 0.3 is 0 Å². The fraction of sp³-hybridized carbons (Fsp3) is 0.421. The first-order valence-electron chi connectivity index (χ1n) is 9.13. The van der Waals surface area contributed by atoms with Gasteiger partial charge in [0, 0.05) is 12.1 Å². The second-order valence-electron chi connectivity index (χ2n) is 6.59. The first kappa shape index (κ1) is 19.4. The maximum absolute atomic E-state index is 13.1. The molecule has 0 spiro atoms. The number of carbonyl (C=O) groups excluding carboxylic acids is 1. The number of nitrogen functional groups attached to an aromatic ring is 1. The molecule has 0 aliphatic heterocycles. The lowest BCUT2D eigenvalue weighted by Gasteiger charge is -2.14. The summed E-state index contributed by atoms with van der Waals surface area (Å²) in [5.74, 6) is 6.10. The van der Waals surface area contributed by atoms with Gasteiger partial charge in [0.05, 0.1) is 5.25 Å². The number of allylic oxidation sites excluding steroid dienone is 1. The molecule has 0 bridgehead atoms. The van der Waals surface area contributed by atoms with E-state index in [0.29, 0.717) is 23.1 Å². The van der Waals surface area contributed by atoms with Crippen LogP contribution < -0.4 is 11.2 Å². The minimum absolute atomic E-state index is 0.0530. The summed E-state index contributed by atoms with van der Waals surface area (Å²) >= 11 is 1.25. The average Bonchev–Trinajstić information content (AvgIpc) is 3.03. The topological polar surface area (TPSA) is 85.8 Å². The molecule has 2 aromatic rings. The molecule has 27 heavy (non-hydrogen) atoms. The molecule has 0 unspecified atom stereocenters. The molecule has 0 fully saturated rings. The lowest BCUT2D eigenvalue weighted by atomic mass is 9.97. The quantitative estimate of drug-likeness (QED) is 0.431. The Balaban J connectivity index is 1.54. The second-order valence-corrected chi connectivity index (χ2v) is 7.90. The maximum Gasteiger partial charge on any atom is 0.233 e. The maximum atomic E-state index is 13.1. The standard InChI is InChI=1S/C19H24FN5OS/c1-13(18(26)22-12-11-14-5-3-2-4-6-14)27-19-24-23-17(25(19)21)15-7-9-16(20)10-8-15/h5,7-10,13H,2-4,6,11-12,21H2,1H3,(H,22,26)/t13-/m1/s1. The number of benzene rings is 1. The molecule has 1 aromatic carbocycles. The lowest BCUT2D eigenvalue weighted by Crippen LogP contribution is -2.32. The van der Waals surface area contributed by atoms with Crippen molar-refractivity contribution in [1.82, 2.24) is 20.2 Å². The van der Waals surface area contributed by atoms with Gasteiger partial charge < -0.3 is 11.2 Å². The van der Waals surface area contributed by atoms with Gasteiger partial charge in [0.25, 0.3) is 0 Å². The van der Waals surface area contributed by atoms with Crippen LogP contribution in [0.5, 0.6) is 0 Å². The van der Waals surface area contributed by atoms with Gasteiger partial charge in [-0.25, -0.2) is 9.07 Å². The Morgan fingerprint density at radius 3 is 2.81 bits per heavy atom. The van der Waals surface area contributed by atoms with E-state index in [1.165, 1.54) is 47.0 Å². The molecule has 0 radical (unpaired) electrons. The van der Waals surface area contributed by atoms with E-state index in [2.05, 4.69) is 21.6 Å². The fourth-order valence-electron chi connectivity index (χ4n) is 2.99. The monoisotopic (exact) mass is 389 g/mol. The van der Waals surface area contributed by atoms with Crippen LogP contribution in [0.3, 0.4) is 0 Å². The van der Waals surface area contributed by atoms with Crippen molar-refractivity contribution in [1.29, 1.82) is 0 Å². The highest BCUT2D eigenvalue weighted by molar-refractivity contribution is 8.00. The summed E-state index contributed by atoms with van der Waals surface area (Å²) in [5, 5.41) is 11.2. The Kier molecular flexibility index (Phi) is 6.49. The fourth-order valence-corrected chi connectivity index (χ4v) is 3.78. The lowest BCUT2D eigenvalue weighted by molar-refractivity contribution is -0.120. The molecule has 144 valence electrons. The van der Waals surface area contributed by atoms with Crippen LogP contribution in [0.1, 0.15) is 39.0 Å². The second kappa shape index (κ2) is 9.03. The van der Waals surface area contributed by atoms with Crippen molar-refractivity contribution < 1.29 is 9.18 Å². The Hall–Kier alpha value is -2.35. The summed E-state index contributed by atoms with van der Waals surface area (Å²) in [4.78, 5) is 12.3. The Morgan fingerprint density at radius 1 is 1.33 bits per heavy atom. The number of carbonyl (C=O) groups is 1. The van der Waals surface area contributed by atoms with Crippen LogP contribution in [0.15, 0.2) is 41.1 Å². The highest BCUT2D eigenvalue weighted by Crippen LogP contribution is 2.25. The van der Waals surface area contributed by atoms with E-state index in [1.807, 2.05) is 6.92 Å². The molecule has 6 nitrogen and oxygen atoms in total. The Labute approximate surface area is 162 Å². The van der Waals surface area contributed by atoms with E-state index < -0.39 is 0 Å². The molecule has 1 aliphatic rings. The average molecular weight is 390 g/mol. The summed E-state index contributed by atoms with van der Waals surface area (Å²) in [5.41, 5.74) is 2.10. The Bertz CT molecular complexity index is 818. The van der Waals surface area contributed by atoms with Crippen molar-refractivity contribution in [3.63, 3.8) is 0 Å². The van der Waals surface area contributed by atoms with Crippen molar-refractivity contribution in [2.75, 3.05) is 12.4 Å². The third-order valence-electron chi connectivity index (χ3n) is 4.55. The molecule has 1 aromatic heterocycles. The molecular formula is C19H24FN5OS. The molecule has 1 atom stereocenters. The molecule has 8 heteroatoms. The summed E-state index contributed by atoms with van der Waals surface area (Å²) in [6.45, 7) is 2.46. The molecule has 3 N–H and O–H groups in total. The normalized spacial score (nSPS) is 15.3. The summed E-state index contributed by atoms with van der Waals surface area (Å²) in [6, 6.07) is 5.86. The number of nitrogens with one attached hydrogen (secondary N) is 1. The van der Waals surface area contributed by atoms with E-state index >= 15 is 0 Å². The highest BCUT2D eigenvalue weighted by atomic mass is 32.2. The zero-order chi connectivity index (χ0) is 19.2. The van der Waals surface area contributed by atoms with E-state index in [9.17, 15) is 9.18 Å². The number of aromatic nitrogens is 3. The van der Waals surface area contributed by atoms with Crippen LogP contribution in [-0.4, -0.2) is 32.6 Å². The minimum atomic E-state index is -0.349. The van der Waals surface area contributed by atoms with Gasteiger partial charge in [-0.3, -0.25) is 4.79 Å². The van der Waals surface area contributed by atoms with Gasteiger partial charge in [-0.1, -0.05) is 23.4 Å². The van der Waals surface area contributed by atoms with Gasteiger partial charge in [0.15, 0.2) is 5.82 Å². The first-order valence-corrected chi connectivity index (χ1v) is 10.0. The van der Waals surface area contributed by atoms with Crippen molar-refractivity contribution in [3.05, 3.63) is 41.7 Å². The largest absolute Gasteiger partial charge is 0.355 e. The van der Waals surface area contributed by atoms with Crippen molar-refractivity contribution in [3.8, 4) is 11.4 Å². The Morgan fingerprint density at radius 2 is 2.11 bits per heavy atom. The predicted molar refractivity (Wildman–Crippen MR) is 105 cm³/mol. The molecule has 1 amide bonds. The number of halogens is 1. The van der Waals surface area contributed by atoms with Crippen LogP contribution in [0.4, 0.5) is 4.39 Å². The summed E-state index contributed by atoms with van der Waals surface area (Å²) in [6.07, 6.45) is 8.01. The van der Waals surface area contributed by atoms with Crippen LogP contribution in [-0.2, 0) is 4.79 Å². The van der Waals surface area contributed by atoms with Crippen molar-refractivity contribution in [2.45, 2.75) is 49.4 Å². The molecule has 1 aliphatic carbocycles. The van der Waals surface area contributed by atoms with Crippen molar-refractivity contribution >= 4 is 17.7 Å². The van der Waals surface area contributed by atoms with Crippen LogP contribution in [0, 0.1) is 5.82 Å². The number of nitrogens with two attached hydrogens (primary N) is 1. The summed E-state index contributed by atoms with van der Waals surface area (Å²) < 4.78 is 14.4. The SMILES string of the molecule is C[C@@H](Sc1nnc(-c2ccc(F)cc2)n1N)C(=O)NCCC1=CCCCC1.